The summed E-state index contributed by atoms with van der Waals surface area (Å²) in [5.74, 6) is -3.91. The molecule has 0 radical (unpaired) electrons. The van der Waals surface area contributed by atoms with Gasteiger partial charge in [-0.15, -0.1) is 0 Å². The standard InChI is InChI=1S/C19H23ClFNO10S/c20-11-5-9(21)1-2-12(11)22-33(29,30)15-3-4-19(6-10(15)18(27)28)31-8-14(32-19)17(26)16(25)13(24)7-23/h1-2,5-6,13-17,22-26H,3-4,7-8H2,(H,27,28)/t13-,14-,15?,16+,17-,19?/m1/s1. The van der Waals surface area contributed by atoms with Crippen LogP contribution in [0.1, 0.15) is 12.8 Å². The first-order valence-electron chi connectivity index (χ1n) is 9.78. The fourth-order valence-corrected chi connectivity index (χ4v) is 5.51. The molecule has 0 amide bonds. The third-order valence-electron chi connectivity index (χ3n) is 5.44. The van der Waals surface area contributed by atoms with E-state index in [1.165, 1.54) is 0 Å². The van der Waals surface area contributed by atoms with Crippen molar-refractivity contribution in [2.75, 3.05) is 17.9 Å². The van der Waals surface area contributed by atoms with Crippen LogP contribution in [0.25, 0.3) is 0 Å². The summed E-state index contributed by atoms with van der Waals surface area (Å²) in [6.07, 6.45) is -5.64. The van der Waals surface area contributed by atoms with E-state index in [4.69, 9.17) is 26.2 Å². The van der Waals surface area contributed by atoms with Gasteiger partial charge in [-0.2, -0.15) is 0 Å². The van der Waals surface area contributed by atoms with Crippen LogP contribution in [-0.2, 0) is 24.3 Å². The Hall–Kier alpha value is -1.84. The van der Waals surface area contributed by atoms with Crippen LogP contribution in [0.2, 0.25) is 5.02 Å². The largest absolute Gasteiger partial charge is 0.478 e. The highest BCUT2D eigenvalue weighted by atomic mass is 35.5. The number of ether oxygens (including phenoxy) is 2. The van der Waals surface area contributed by atoms with Crippen LogP contribution in [0.5, 0.6) is 0 Å². The molecule has 2 aliphatic rings. The Morgan fingerprint density at radius 2 is 2.03 bits per heavy atom. The molecule has 1 saturated heterocycles. The topological polar surface area (TPSA) is 183 Å². The maximum absolute atomic E-state index is 13.2. The number of sulfonamides is 1. The number of benzene rings is 1. The molecule has 1 aliphatic heterocycles. The summed E-state index contributed by atoms with van der Waals surface area (Å²) < 4.78 is 52.4. The molecule has 1 fully saturated rings. The Morgan fingerprint density at radius 3 is 2.64 bits per heavy atom. The molecule has 1 aliphatic carbocycles. The lowest BCUT2D eigenvalue weighted by Crippen LogP contribution is -2.48. The van der Waals surface area contributed by atoms with E-state index in [2.05, 4.69) is 4.72 Å². The number of nitrogens with one attached hydrogen (secondary N) is 1. The van der Waals surface area contributed by atoms with Crippen molar-refractivity contribution in [3.8, 4) is 0 Å². The zero-order valence-corrected chi connectivity index (χ0v) is 18.5. The van der Waals surface area contributed by atoms with Gasteiger partial charge in [0.1, 0.15) is 35.5 Å². The van der Waals surface area contributed by atoms with Gasteiger partial charge >= 0.3 is 5.97 Å². The van der Waals surface area contributed by atoms with Crippen LogP contribution < -0.4 is 4.72 Å². The zero-order chi connectivity index (χ0) is 24.6. The van der Waals surface area contributed by atoms with Crippen LogP contribution in [0.3, 0.4) is 0 Å². The summed E-state index contributed by atoms with van der Waals surface area (Å²) in [6, 6.07) is 2.99. The number of rotatable bonds is 8. The van der Waals surface area contributed by atoms with Gasteiger partial charge in [0.15, 0.2) is 5.79 Å². The molecular formula is C19H23ClFNO10S. The monoisotopic (exact) mass is 511 g/mol. The molecule has 11 nitrogen and oxygen atoms in total. The van der Waals surface area contributed by atoms with E-state index in [-0.39, 0.29) is 30.2 Å². The molecule has 0 saturated carbocycles. The number of anilines is 1. The number of hydrogen-bond acceptors (Lipinski definition) is 9. The highest BCUT2D eigenvalue weighted by molar-refractivity contribution is 7.93. The van der Waals surface area contributed by atoms with Gasteiger partial charge in [0.25, 0.3) is 0 Å². The SMILES string of the molecule is O=C(O)C1=CC2(CCC1S(=O)(=O)Nc1ccc(F)cc1Cl)OC[C@H]([C@@H](O)[C@@H](O)[C@H](O)CO)O2. The molecule has 0 aromatic heterocycles. The van der Waals surface area contributed by atoms with Crippen LogP contribution >= 0.6 is 11.6 Å². The van der Waals surface area contributed by atoms with Crippen molar-refractivity contribution in [2.45, 2.75) is 48.3 Å². The second kappa shape index (κ2) is 9.80. The number of carboxylic acid groups (broad SMARTS) is 1. The molecule has 2 unspecified atom stereocenters. The van der Waals surface area contributed by atoms with Gasteiger partial charge in [-0.1, -0.05) is 11.6 Å². The van der Waals surface area contributed by atoms with Gasteiger partial charge < -0.3 is 35.0 Å². The maximum Gasteiger partial charge on any atom is 0.332 e. The molecule has 1 spiro atoms. The van der Waals surface area contributed by atoms with Gasteiger partial charge in [-0.05, 0) is 30.7 Å². The van der Waals surface area contributed by atoms with E-state index in [0.717, 1.165) is 24.3 Å². The fraction of sp³-hybridized carbons (Fsp3) is 0.526. The molecule has 0 bridgehead atoms. The predicted octanol–water partition coefficient (Wildman–Crippen LogP) is -0.419. The second-order valence-electron chi connectivity index (χ2n) is 7.71. The lowest BCUT2D eigenvalue weighted by atomic mass is 9.94. The van der Waals surface area contributed by atoms with Crippen LogP contribution in [0, 0.1) is 5.82 Å². The molecule has 33 heavy (non-hydrogen) atoms. The minimum absolute atomic E-state index is 0.117. The Labute approximate surface area is 193 Å². The fourth-order valence-electron chi connectivity index (χ4n) is 3.69. The first kappa shape index (κ1) is 25.8. The van der Waals surface area contributed by atoms with E-state index in [1.54, 1.807) is 0 Å². The Morgan fingerprint density at radius 1 is 1.33 bits per heavy atom. The number of hydrogen-bond donors (Lipinski definition) is 6. The number of carbonyl (C=O) groups is 1. The summed E-state index contributed by atoms with van der Waals surface area (Å²) in [5, 5.41) is 46.4. The van der Waals surface area contributed by atoms with Crippen LogP contribution in [0.15, 0.2) is 29.8 Å². The third-order valence-corrected chi connectivity index (χ3v) is 7.49. The highest BCUT2D eigenvalue weighted by Crippen LogP contribution is 2.40. The minimum Gasteiger partial charge on any atom is -0.478 e. The second-order valence-corrected chi connectivity index (χ2v) is 9.98. The number of carboxylic acids is 1. The van der Waals surface area contributed by atoms with Crippen molar-refractivity contribution >= 4 is 33.3 Å². The molecular weight excluding hydrogens is 489 g/mol. The summed E-state index contributed by atoms with van der Waals surface area (Å²) in [7, 11) is -4.34. The van der Waals surface area contributed by atoms with Gasteiger partial charge in [0.05, 0.1) is 29.5 Å². The van der Waals surface area contributed by atoms with E-state index in [0.29, 0.717) is 0 Å². The van der Waals surface area contributed by atoms with Gasteiger partial charge in [0.2, 0.25) is 10.0 Å². The Kier molecular flexibility index (Phi) is 7.65. The van der Waals surface area contributed by atoms with Gasteiger partial charge in [-0.3, -0.25) is 4.72 Å². The first-order chi connectivity index (χ1) is 15.4. The van der Waals surface area contributed by atoms with Crippen molar-refractivity contribution in [3.05, 3.63) is 40.7 Å². The van der Waals surface area contributed by atoms with Crippen molar-refractivity contribution in [1.82, 2.24) is 0 Å². The molecule has 3 rings (SSSR count). The highest BCUT2D eigenvalue weighted by Gasteiger charge is 2.50. The molecule has 184 valence electrons. The van der Waals surface area contributed by atoms with E-state index in [9.17, 15) is 38.0 Å². The average Bonchev–Trinajstić information content (AvgIpc) is 3.16. The number of aliphatic hydroxyl groups is 4. The van der Waals surface area contributed by atoms with E-state index in [1.807, 2.05) is 0 Å². The van der Waals surface area contributed by atoms with Crippen LogP contribution in [-0.4, -0.2) is 88.6 Å². The molecule has 6 N–H and O–H groups in total. The maximum atomic E-state index is 13.2. The van der Waals surface area contributed by atoms with Crippen molar-refractivity contribution < 1.29 is 52.6 Å². The summed E-state index contributed by atoms with van der Waals surface area (Å²) in [5.41, 5.74) is -0.686. The lowest BCUT2D eigenvalue weighted by molar-refractivity contribution is -0.170. The van der Waals surface area contributed by atoms with Crippen molar-refractivity contribution in [2.24, 2.45) is 0 Å². The normalized spacial score (nSPS) is 28.2. The smallest absolute Gasteiger partial charge is 0.332 e. The molecule has 1 aromatic rings. The molecule has 1 heterocycles. The molecule has 1 aromatic carbocycles. The molecule has 14 heteroatoms. The summed E-state index contributed by atoms with van der Waals surface area (Å²) in [6.45, 7) is -1.11. The Bertz CT molecular complexity index is 1040. The first-order valence-corrected chi connectivity index (χ1v) is 11.7. The number of aliphatic hydroxyl groups excluding tert-OH is 4. The van der Waals surface area contributed by atoms with E-state index < -0.39 is 69.4 Å². The quantitative estimate of drug-likeness (QED) is 0.268. The average molecular weight is 512 g/mol. The zero-order valence-electron chi connectivity index (χ0n) is 17.0. The lowest BCUT2D eigenvalue weighted by Gasteiger charge is -2.34. The number of aliphatic carboxylic acids is 1. The van der Waals surface area contributed by atoms with Gasteiger partial charge in [-0.25, -0.2) is 17.6 Å². The molecule has 6 atom stereocenters. The van der Waals surface area contributed by atoms with Crippen LogP contribution in [0.4, 0.5) is 10.1 Å². The number of halogens is 2. The summed E-state index contributed by atoms with van der Waals surface area (Å²) in [4.78, 5) is 11.9. The van der Waals surface area contributed by atoms with Crippen molar-refractivity contribution in [1.29, 1.82) is 0 Å². The predicted molar refractivity (Wildman–Crippen MR) is 111 cm³/mol. The third kappa shape index (κ3) is 5.46. The van der Waals surface area contributed by atoms with Gasteiger partial charge in [0, 0.05) is 6.42 Å². The summed E-state index contributed by atoms with van der Waals surface area (Å²) >= 11 is 5.86. The van der Waals surface area contributed by atoms with E-state index >= 15 is 0 Å². The minimum atomic E-state index is -4.34. The van der Waals surface area contributed by atoms with Crippen molar-refractivity contribution in [3.63, 3.8) is 0 Å². The Balaban J connectivity index is 1.83.